The second-order valence-electron chi connectivity index (χ2n) is 4.07. The molecule has 0 aliphatic rings. The standard InChI is InChI=1S/C13H13N3O3S/c17-11(18)8-4-7-10-15-16-13(20-10)12(19)14-9-5-2-1-3-6-9/h1-3,5-6H,4,7-8H2,(H,14,19)(H,17,18). The topological polar surface area (TPSA) is 92.2 Å². The Morgan fingerprint density at radius 1 is 1.20 bits per heavy atom. The van der Waals surface area contributed by atoms with Crippen molar-refractivity contribution in [2.75, 3.05) is 5.32 Å². The first-order valence-corrected chi connectivity index (χ1v) is 6.87. The van der Waals surface area contributed by atoms with E-state index < -0.39 is 5.97 Å². The first-order valence-electron chi connectivity index (χ1n) is 6.06. The van der Waals surface area contributed by atoms with Crippen LogP contribution in [0.2, 0.25) is 0 Å². The number of aliphatic carboxylic acids is 1. The quantitative estimate of drug-likeness (QED) is 0.851. The molecule has 0 atom stereocenters. The fourth-order valence-corrected chi connectivity index (χ4v) is 2.32. The van der Waals surface area contributed by atoms with Gasteiger partial charge >= 0.3 is 5.97 Å². The molecule has 1 aromatic heterocycles. The Morgan fingerprint density at radius 3 is 2.65 bits per heavy atom. The Hall–Kier alpha value is -2.28. The Bertz CT molecular complexity index is 598. The van der Waals surface area contributed by atoms with E-state index in [4.69, 9.17) is 5.11 Å². The van der Waals surface area contributed by atoms with E-state index in [9.17, 15) is 9.59 Å². The molecule has 2 aromatic rings. The lowest BCUT2D eigenvalue weighted by molar-refractivity contribution is -0.137. The van der Waals surface area contributed by atoms with Crippen molar-refractivity contribution < 1.29 is 14.7 Å². The van der Waals surface area contributed by atoms with Gasteiger partial charge in [-0.1, -0.05) is 29.5 Å². The zero-order valence-electron chi connectivity index (χ0n) is 10.6. The summed E-state index contributed by atoms with van der Waals surface area (Å²) in [4.78, 5) is 22.3. The number of aryl methyl sites for hydroxylation is 1. The zero-order chi connectivity index (χ0) is 14.4. The minimum atomic E-state index is -0.837. The van der Waals surface area contributed by atoms with Gasteiger partial charge < -0.3 is 10.4 Å². The van der Waals surface area contributed by atoms with E-state index in [0.29, 0.717) is 23.5 Å². The number of carbonyl (C=O) groups excluding carboxylic acids is 1. The third-order valence-corrected chi connectivity index (χ3v) is 3.46. The molecule has 0 unspecified atom stereocenters. The van der Waals surface area contributed by atoms with Gasteiger partial charge in [0.15, 0.2) is 0 Å². The number of hydrogen-bond donors (Lipinski definition) is 2. The Balaban J connectivity index is 1.91. The number of anilines is 1. The lowest BCUT2D eigenvalue weighted by Gasteiger charge is -2.00. The Labute approximate surface area is 119 Å². The molecule has 0 spiro atoms. The predicted octanol–water partition coefficient (Wildman–Crippen LogP) is 2.20. The molecule has 0 fully saturated rings. The molecule has 0 radical (unpaired) electrons. The number of para-hydroxylation sites is 1. The normalized spacial score (nSPS) is 10.2. The molecular formula is C13H13N3O3S. The first-order chi connectivity index (χ1) is 9.65. The van der Waals surface area contributed by atoms with Crippen molar-refractivity contribution >= 4 is 28.9 Å². The number of rotatable bonds is 6. The van der Waals surface area contributed by atoms with Crippen molar-refractivity contribution in [3.05, 3.63) is 40.3 Å². The maximum Gasteiger partial charge on any atom is 0.303 e. The van der Waals surface area contributed by atoms with Crippen LogP contribution in [0.5, 0.6) is 0 Å². The summed E-state index contributed by atoms with van der Waals surface area (Å²) in [5.74, 6) is -1.14. The Kier molecular flexibility index (Phi) is 4.78. The summed E-state index contributed by atoms with van der Waals surface area (Å²) in [6.45, 7) is 0. The molecule has 7 heteroatoms. The molecule has 1 amide bonds. The monoisotopic (exact) mass is 291 g/mol. The number of hydrogen-bond acceptors (Lipinski definition) is 5. The molecule has 0 aliphatic heterocycles. The number of carbonyl (C=O) groups is 2. The van der Waals surface area contributed by atoms with E-state index in [0.717, 1.165) is 0 Å². The van der Waals surface area contributed by atoms with Crippen molar-refractivity contribution in [2.45, 2.75) is 19.3 Å². The molecular weight excluding hydrogens is 278 g/mol. The molecule has 2 N–H and O–H groups in total. The van der Waals surface area contributed by atoms with Gasteiger partial charge in [-0.05, 0) is 18.6 Å². The number of aromatic nitrogens is 2. The molecule has 0 saturated carbocycles. The fourth-order valence-electron chi connectivity index (χ4n) is 1.54. The van der Waals surface area contributed by atoms with Crippen LogP contribution in [-0.2, 0) is 11.2 Å². The minimum absolute atomic E-state index is 0.0884. The van der Waals surface area contributed by atoms with Crippen LogP contribution in [0.25, 0.3) is 0 Å². The van der Waals surface area contributed by atoms with Crippen LogP contribution in [0, 0.1) is 0 Å². The molecule has 0 aliphatic carbocycles. The zero-order valence-corrected chi connectivity index (χ0v) is 11.4. The highest BCUT2D eigenvalue weighted by Crippen LogP contribution is 2.15. The van der Waals surface area contributed by atoms with E-state index in [2.05, 4.69) is 15.5 Å². The van der Waals surface area contributed by atoms with Crippen molar-refractivity contribution in [3.63, 3.8) is 0 Å². The van der Waals surface area contributed by atoms with Gasteiger partial charge in [-0.15, -0.1) is 10.2 Å². The van der Waals surface area contributed by atoms with Crippen molar-refractivity contribution in [3.8, 4) is 0 Å². The number of nitrogens with zero attached hydrogens (tertiary/aromatic N) is 2. The number of amides is 1. The van der Waals surface area contributed by atoms with E-state index in [1.54, 1.807) is 12.1 Å². The van der Waals surface area contributed by atoms with Crippen LogP contribution in [-0.4, -0.2) is 27.2 Å². The van der Waals surface area contributed by atoms with Gasteiger partial charge in [0.05, 0.1) is 0 Å². The lowest BCUT2D eigenvalue weighted by atomic mass is 10.2. The van der Waals surface area contributed by atoms with Gasteiger partial charge in [0.1, 0.15) is 5.01 Å². The average molecular weight is 291 g/mol. The summed E-state index contributed by atoms with van der Waals surface area (Å²) in [6.07, 6.45) is 1.10. The minimum Gasteiger partial charge on any atom is -0.481 e. The van der Waals surface area contributed by atoms with Gasteiger partial charge in [-0.25, -0.2) is 0 Å². The number of nitrogens with one attached hydrogen (secondary N) is 1. The van der Waals surface area contributed by atoms with Gasteiger partial charge in [0.2, 0.25) is 5.01 Å². The summed E-state index contributed by atoms with van der Waals surface area (Å²) in [5, 5.41) is 19.9. The van der Waals surface area contributed by atoms with E-state index in [1.165, 1.54) is 11.3 Å². The third kappa shape index (κ3) is 4.13. The summed E-state index contributed by atoms with van der Waals surface area (Å²) in [6, 6.07) is 9.08. The van der Waals surface area contributed by atoms with Crippen molar-refractivity contribution in [1.82, 2.24) is 10.2 Å². The highest BCUT2D eigenvalue weighted by Gasteiger charge is 2.13. The van der Waals surface area contributed by atoms with Crippen LogP contribution < -0.4 is 5.32 Å². The van der Waals surface area contributed by atoms with Gasteiger partial charge in [0, 0.05) is 18.5 Å². The molecule has 1 aromatic carbocycles. The van der Waals surface area contributed by atoms with Crippen LogP contribution in [0.1, 0.15) is 27.7 Å². The maximum atomic E-state index is 11.9. The number of carboxylic acids is 1. The molecule has 104 valence electrons. The van der Waals surface area contributed by atoms with Crippen LogP contribution >= 0.6 is 11.3 Å². The Morgan fingerprint density at radius 2 is 1.95 bits per heavy atom. The highest BCUT2D eigenvalue weighted by atomic mass is 32.1. The molecule has 2 rings (SSSR count). The SMILES string of the molecule is O=C(O)CCCc1nnc(C(=O)Nc2ccccc2)s1. The summed E-state index contributed by atoms with van der Waals surface area (Å²) in [5.41, 5.74) is 0.695. The van der Waals surface area contributed by atoms with Crippen LogP contribution in [0.4, 0.5) is 5.69 Å². The summed E-state index contributed by atoms with van der Waals surface area (Å²) in [7, 11) is 0. The average Bonchev–Trinajstić information content (AvgIpc) is 2.88. The maximum absolute atomic E-state index is 11.9. The second kappa shape index (κ2) is 6.76. The predicted molar refractivity (Wildman–Crippen MR) is 74.9 cm³/mol. The van der Waals surface area contributed by atoms with Gasteiger partial charge in [-0.2, -0.15) is 0 Å². The van der Waals surface area contributed by atoms with Crippen LogP contribution in [0.15, 0.2) is 30.3 Å². The van der Waals surface area contributed by atoms with Gasteiger partial charge in [0.25, 0.3) is 5.91 Å². The van der Waals surface area contributed by atoms with E-state index in [-0.39, 0.29) is 17.3 Å². The molecule has 1 heterocycles. The lowest BCUT2D eigenvalue weighted by Crippen LogP contribution is -2.11. The smallest absolute Gasteiger partial charge is 0.303 e. The first kappa shape index (κ1) is 14.1. The summed E-state index contributed by atoms with van der Waals surface area (Å²) >= 11 is 1.18. The molecule has 0 saturated heterocycles. The van der Waals surface area contributed by atoms with Crippen molar-refractivity contribution in [1.29, 1.82) is 0 Å². The largest absolute Gasteiger partial charge is 0.481 e. The van der Waals surface area contributed by atoms with E-state index in [1.807, 2.05) is 18.2 Å². The number of carboxylic acid groups (broad SMARTS) is 1. The fraction of sp³-hybridized carbons (Fsp3) is 0.231. The highest BCUT2D eigenvalue weighted by molar-refractivity contribution is 7.13. The van der Waals surface area contributed by atoms with Gasteiger partial charge in [-0.3, -0.25) is 9.59 Å². The van der Waals surface area contributed by atoms with E-state index >= 15 is 0 Å². The molecule has 20 heavy (non-hydrogen) atoms. The second-order valence-corrected chi connectivity index (χ2v) is 5.13. The summed E-state index contributed by atoms with van der Waals surface area (Å²) < 4.78 is 0. The molecule has 0 bridgehead atoms. The van der Waals surface area contributed by atoms with Crippen molar-refractivity contribution in [2.24, 2.45) is 0 Å². The number of benzene rings is 1. The third-order valence-electron chi connectivity index (χ3n) is 2.47. The molecule has 6 nitrogen and oxygen atoms in total. The van der Waals surface area contributed by atoms with Crippen LogP contribution in [0.3, 0.4) is 0 Å².